The summed E-state index contributed by atoms with van der Waals surface area (Å²) in [5.74, 6) is 0. The first-order valence-corrected chi connectivity index (χ1v) is 6.62. The predicted octanol–water partition coefficient (Wildman–Crippen LogP) is 3.28. The molecule has 2 aromatic rings. The highest BCUT2D eigenvalue weighted by atomic mass is 79.9. The van der Waals surface area contributed by atoms with Crippen molar-refractivity contribution >= 4 is 38.6 Å². The number of nitrogens with one attached hydrogen (secondary N) is 1. The molecular weight excluding hydrogens is 280 g/mol. The maximum atomic E-state index is 4.32. The van der Waals surface area contributed by atoms with E-state index in [4.69, 9.17) is 0 Å². The van der Waals surface area contributed by atoms with Crippen molar-refractivity contribution in [3.05, 3.63) is 37.4 Å². The summed E-state index contributed by atoms with van der Waals surface area (Å²) >= 11 is 6.88. The molecule has 0 fully saturated rings. The monoisotopic (exact) mass is 288 g/mol. The van der Waals surface area contributed by atoms with Crippen LogP contribution in [0.2, 0.25) is 0 Å². The Kier molecular flexibility index (Phi) is 3.33. The van der Waals surface area contributed by atoms with E-state index in [1.54, 1.807) is 22.7 Å². The van der Waals surface area contributed by atoms with Crippen LogP contribution in [-0.4, -0.2) is 12.0 Å². The van der Waals surface area contributed by atoms with Gasteiger partial charge in [0.1, 0.15) is 5.01 Å². The highest BCUT2D eigenvalue weighted by molar-refractivity contribution is 9.11. The maximum Gasteiger partial charge on any atom is 0.115 e. The Morgan fingerprint density at radius 1 is 1.50 bits per heavy atom. The van der Waals surface area contributed by atoms with Gasteiger partial charge in [-0.1, -0.05) is 0 Å². The van der Waals surface area contributed by atoms with Crippen LogP contribution < -0.4 is 5.32 Å². The van der Waals surface area contributed by atoms with Gasteiger partial charge in [0.25, 0.3) is 0 Å². The molecule has 14 heavy (non-hydrogen) atoms. The molecule has 0 aliphatic carbocycles. The molecule has 1 N–H and O–H groups in total. The molecular formula is C9H9BrN2S2. The highest BCUT2D eigenvalue weighted by Crippen LogP contribution is 2.31. The van der Waals surface area contributed by atoms with Crippen LogP contribution in [0, 0.1) is 0 Å². The first kappa shape index (κ1) is 10.3. The lowest BCUT2D eigenvalue weighted by molar-refractivity contribution is 0.698. The van der Waals surface area contributed by atoms with Crippen LogP contribution in [0.3, 0.4) is 0 Å². The van der Waals surface area contributed by atoms with Crippen molar-refractivity contribution in [2.75, 3.05) is 7.05 Å². The number of hydrogen-bond acceptors (Lipinski definition) is 4. The van der Waals surface area contributed by atoms with Crippen LogP contribution in [0.4, 0.5) is 0 Å². The molecule has 0 radical (unpaired) electrons. The fourth-order valence-corrected chi connectivity index (χ4v) is 3.62. The molecule has 0 aromatic carbocycles. The minimum absolute atomic E-state index is 0.228. The van der Waals surface area contributed by atoms with Crippen LogP contribution in [0.5, 0.6) is 0 Å². The van der Waals surface area contributed by atoms with Gasteiger partial charge >= 0.3 is 0 Å². The summed E-state index contributed by atoms with van der Waals surface area (Å²) in [6.45, 7) is 0. The van der Waals surface area contributed by atoms with E-state index in [0.717, 1.165) is 8.79 Å². The van der Waals surface area contributed by atoms with Gasteiger partial charge in [-0.25, -0.2) is 4.98 Å². The van der Waals surface area contributed by atoms with Crippen molar-refractivity contribution in [1.82, 2.24) is 10.3 Å². The summed E-state index contributed by atoms with van der Waals surface area (Å²) in [6, 6.07) is 4.42. The van der Waals surface area contributed by atoms with Crippen molar-refractivity contribution in [3.8, 4) is 0 Å². The molecule has 0 saturated heterocycles. The van der Waals surface area contributed by atoms with Gasteiger partial charge < -0.3 is 5.32 Å². The van der Waals surface area contributed by atoms with Crippen molar-refractivity contribution < 1.29 is 0 Å². The summed E-state index contributed by atoms with van der Waals surface area (Å²) < 4.78 is 1.16. The SMILES string of the molecule is CNC(c1ccc(Br)s1)c1nccs1. The van der Waals surface area contributed by atoms with E-state index in [-0.39, 0.29) is 6.04 Å². The molecule has 1 unspecified atom stereocenters. The van der Waals surface area contributed by atoms with E-state index in [0.29, 0.717) is 0 Å². The number of halogens is 1. The Bertz CT molecular complexity index is 397. The summed E-state index contributed by atoms with van der Waals surface area (Å²) in [6.07, 6.45) is 1.84. The van der Waals surface area contributed by atoms with Gasteiger partial charge in [-0.2, -0.15) is 0 Å². The zero-order chi connectivity index (χ0) is 9.97. The Morgan fingerprint density at radius 3 is 2.86 bits per heavy atom. The van der Waals surface area contributed by atoms with Crippen molar-refractivity contribution in [1.29, 1.82) is 0 Å². The van der Waals surface area contributed by atoms with Crippen molar-refractivity contribution in [2.24, 2.45) is 0 Å². The summed E-state index contributed by atoms with van der Waals surface area (Å²) in [4.78, 5) is 5.61. The van der Waals surface area contributed by atoms with E-state index in [9.17, 15) is 0 Å². The highest BCUT2D eigenvalue weighted by Gasteiger charge is 2.15. The van der Waals surface area contributed by atoms with Crippen LogP contribution in [0.15, 0.2) is 27.5 Å². The maximum absolute atomic E-state index is 4.32. The number of aromatic nitrogens is 1. The van der Waals surface area contributed by atoms with Gasteiger partial charge in [0.2, 0.25) is 0 Å². The van der Waals surface area contributed by atoms with E-state index >= 15 is 0 Å². The first-order valence-electron chi connectivity index (χ1n) is 4.13. The van der Waals surface area contributed by atoms with Gasteiger partial charge in [-0.15, -0.1) is 22.7 Å². The molecule has 74 valence electrons. The molecule has 0 aliphatic heterocycles. The first-order chi connectivity index (χ1) is 6.81. The van der Waals surface area contributed by atoms with Gasteiger partial charge in [0.15, 0.2) is 0 Å². The Labute approximate surface area is 99.1 Å². The van der Waals surface area contributed by atoms with Crippen LogP contribution >= 0.6 is 38.6 Å². The van der Waals surface area contributed by atoms with Crippen molar-refractivity contribution in [2.45, 2.75) is 6.04 Å². The second-order valence-corrected chi connectivity index (χ2v) is 6.15. The van der Waals surface area contributed by atoms with E-state index in [1.807, 2.05) is 18.6 Å². The molecule has 0 spiro atoms. The molecule has 0 saturated carbocycles. The Morgan fingerprint density at radius 2 is 2.36 bits per heavy atom. The van der Waals surface area contributed by atoms with Gasteiger partial charge in [-0.3, -0.25) is 0 Å². The second kappa shape index (κ2) is 4.53. The third-order valence-electron chi connectivity index (χ3n) is 1.87. The molecule has 0 amide bonds. The summed E-state index contributed by atoms with van der Waals surface area (Å²) in [7, 11) is 1.96. The summed E-state index contributed by atoms with van der Waals surface area (Å²) in [5.41, 5.74) is 0. The van der Waals surface area contributed by atoms with Crippen LogP contribution in [0.25, 0.3) is 0 Å². The molecule has 2 rings (SSSR count). The van der Waals surface area contributed by atoms with Gasteiger partial charge in [-0.05, 0) is 35.1 Å². The number of rotatable bonds is 3. The number of thiophene rings is 1. The number of thiazole rings is 1. The fourth-order valence-electron chi connectivity index (χ4n) is 1.25. The van der Waals surface area contributed by atoms with E-state index < -0.39 is 0 Å². The van der Waals surface area contributed by atoms with Crippen molar-refractivity contribution in [3.63, 3.8) is 0 Å². The smallest absolute Gasteiger partial charge is 0.115 e. The van der Waals surface area contributed by atoms with Gasteiger partial charge in [0.05, 0.1) is 9.83 Å². The minimum atomic E-state index is 0.228. The lowest BCUT2D eigenvalue weighted by Gasteiger charge is -2.10. The molecule has 5 heteroatoms. The lowest BCUT2D eigenvalue weighted by atomic mass is 10.2. The largest absolute Gasteiger partial charge is 0.307 e. The van der Waals surface area contributed by atoms with Gasteiger partial charge in [0, 0.05) is 16.5 Å². The zero-order valence-electron chi connectivity index (χ0n) is 7.53. The second-order valence-electron chi connectivity index (χ2n) is 2.73. The van der Waals surface area contributed by atoms with Crippen LogP contribution in [0.1, 0.15) is 15.9 Å². The summed E-state index contributed by atoms with van der Waals surface area (Å²) in [5, 5.41) is 6.39. The number of hydrogen-bond donors (Lipinski definition) is 1. The minimum Gasteiger partial charge on any atom is -0.307 e. The molecule has 2 heterocycles. The molecule has 0 aliphatic rings. The average Bonchev–Trinajstić information content (AvgIpc) is 2.79. The Hall–Kier alpha value is -0.230. The lowest BCUT2D eigenvalue weighted by Crippen LogP contribution is -2.15. The third-order valence-corrected chi connectivity index (χ3v) is 4.39. The van der Waals surface area contributed by atoms with Crippen LogP contribution in [-0.2, 0) is 0 Å². The molecule has 2 aromatic heterocycles. The zero-order valence-corrected chi connectivity index (χ0v) is 10.7. The normalized spacial score (nSPS) is 13.0. The van der Waals surface area contributed by atoms with E-state index in [2.05, 4.69) is 38.4 Å². The molecule has 1 atom stereocenters. The van der Waals surface area contributed by atoms with E-state index in [1.165, 1.54) is 4.88 Å². The fraction of sp³-hybridized carbons (Fsp3) is 0.222. The molecule has 2 nitrogen and oxygen atoms in total. The third kappa shape index (κ3) is 2.06. The quantitative estimate of drug-likeness (QED) is 0.938. The predicted molar refractivity (Wildman–Crippen MR) is 65.0 cm³/mol. The standard InChI is InChI=1S/C9H9BrN2S2/c1-11-8(9-12-4-5-13-9)6-2-3-7(10)14-6/h2-5,8,11H,1H3. The Balaban J connectivity index is 2.31. The number of nitrogens with zero attached hydrogens (tertiary/aromatic N) is 1. The average molecular weight is 289 g/mol. The molecule has 0 bridgehead atoms. The topological polar surface area (TPSA) is 24.9 Å².